The maximum absolute atomic E-state index is 13.5. The summed E-state index contributed by atoms with van der Waals surface area (Å²) in [7, 11) is 0. The molecular weight excluding hydrogens is 1070 g/mol. The van der Waals surface area contributed by atoms with E-state index in [1.54, 1.807) is 11.0 Å². The molecule has 0 bridgehead atoms. The average molecular weight is 1140 g/mol. The van der Waals surface area contributed by atoms with E-state index in [-0.39, 0.29) is 45.4 Å². The first-order valence-electron chi connectivity index (χ1n) is 26.9. The van der Waals surface area contributed by atoms with Gasteiger partial charge >= 0.3 is 18.4 Å². The van der Waals surface area contributed by atoms with Crippen LogP contribution in [-0.4, -0.2) is 111 Å². The molecule has 424 valence electrons. The van der Waals surface area contributed by atoms with E-state index in [2.05, 4.69) is 35.9 Å². The molecule has 3 N–H and O–H groups in total. The van der Waals surface area contributed by atoms with Gasteiger partial charge < -0.3 is 35.1 Å². The zero-order valence-electron chi connectivity index (χ0n) is 44.4. The van der Waals surface area contributed by atoms with Gasteiger partial charge in [-0.1, -0.05) is 48.5 Å². The second-order valence-corrected chi connectivity index (χ2v) is 24.4. The largest absolute Gasteiger partial charge is 0.444 e. The number of carbonyl (C=O) groups is 3. The molecule has 2 aliphatic heterocycles. The van der Waals surface area contributed by atoms with Gasteiger partial charge in [0.25, 0.3) is 0 Å². The quantitative estimate of drug-likeness (QED) is 0.0549. The summed E-state index contributed by atoms with van der Waals surface area (Å²) in [4.78, 5) is 58.7. The van der Waals surface area contributed by atoms with Gasteiger partial charge in [-0.05, 0) is 95.4 Å². The summed E-state index contributed by atoms with van der Waals surface area (Å²) in [5, 5.41) is 11.7. The Balaban J connectivity index is 0.000000195. The maximum Gasteiger partial charge on any atom is 0.410 e. The van der Waals surface area contributed by atoms with Gasteiger partial charge in [0.1, 0.15) is 39.6 Å². The van der Waals surface area contributed by atoms with Gasteiger partial charge in [0.15, 0.2) is 11.6 Å². The maximum atomic E-state index is 13.5. The molecule has 6 aromatic rings. The molecule has 1 amide bonds. The number of amides is 1. The fourth-order valence-electron chi connectivity index (χ4n) is 10.4. The van der Waals surface area contributed by atoms with E-state index in [4.69, 9.17) is 14.2 Å². The number of ether oxygens (including phenoxy) is 3. The molecule has 0 spiro atoms. The summed E-state index contributed by atoms with van der Waals surface area (Å²) in [6, 6.07) is 18.6. The highest BCUT2D eigenvalue weighted by molar-refractivity contribution is 7.19. The fraction of sp³-hybridized carbons (Fsp3) is 0.526. The van der Waals surface area contributed by atoms with Gasteiger partial charge in [-0.3, -0.25) is 9.59 Å². The summed E-state index contributed by atoms with van der Waals surface area (Å²) in [6.45, 7) is 9.13. The average Bonchev–Trinajstić information content (AvgIpc) is 4.02. The molecule has 2 saturated carbocycles. The lowest BCUT2D eigenvalue weighted by atomic mass is 9.89. The predicted molar refractivity (Wildman–Crippen MR) is 292 cm³/mol. The number of alkyl halides is 6. The van der Waals surface area contributed by atoms with Crippen molar-refractivity contribution in [3.63, 3.8) is 0 Å². The molecule has 22 heteroatoms. The number of nitrogens with one attached hydrogen (secondary N) is 3. The third kappa shape index (κ3) is 16.6. The summed E-state index contributed by atoms with van der Waals surface area (Å²) >= 11 is 2.08. The number of hydrogen-bond donors (Lipinski definition) is 3. The normalized spacial score (nSPS) is 20.2. The van der Waals surface area contributed by atoms with Crippen LogP contribution in [0.15, 0.2) is 73.3 Å². The van der Waals surface area contributed by atoms with E-state index in [9.17, 15) is 40.7 Å². The molecule has 2 saturated heterocycles. The van der Waals surface area contributed by atoms with Crippen LogP contribution >= 0.6 is 22.7 Å². The number of carbonyl (C=O) groups excluding carboxylic acids is 3. The molecule has 0 unspecified atom stereocenters. The number of rotatable bonds is 18. The molecule has 2 aliphatic carbocycles. The van der Waals surface area contributed by atoms with Crippen molar-refractivity contribution in [1.82, 2.24) is 30.2 Å². The highest BCUT2D eigenvalue weighted by atomic mass is 32.1. The molecule has 2 aromatic carbocycles. The number of thiophene rings is 2. The zero-order chi connectivity index (χ0) is 55.9. The van der Waals surface area contributed by atoms with Crippen molar-refractivity contribution >= 4 is 72.4 Å². The van der Waals surface area contributed by atoms with Crippen molar-refractivity contribution < 1.29 is 54.9 Å². The molecule has 0 radical (unpaired) electrons. The SMILES string of the molecule is CC(C)(C)OC(=O)N(Cc1ccc(C(=O)CC2COC2)cc1)[C@H]1CCC[C@@H](Nc2ncnc3sc(CC(F)(F)F)cc23)C1.O=C(CC1COC1)c1ccc(CN[C@H]2CCC[C@@H](Nc3ncnc4sc(CC(F)(F)F)cc34)C2)cc1. The van der Waals surface area contributed by atoms with Crippen LogP contribution in [0.4, 0.5) is 42.8 Å². The van der Waals surface area contributed by atoms with E-state index in [0.29, 0.717) is 108 Å². The van der Waals surface area contributed by atoms with Crippen molar-refractivity contribution in [3.05, 3.63) is 105 Å². The molecule has 4 fully saturated rings. The van der Waals surface area contributed by atoms with Crippen molar-refractivity contribution in [1.29, 1.82) is 0 Å². The fourth-order valence-corrected chi connectivity index (χ4v) is 12.4. The van der Waals surface area contributed by atoms with E-state index < -0.39 is 36.9 Å². The molecule has 79 heavy (non-hydrogen) atoms. The minimum absolute atomic E-state index is 0.0526. The van der Waals surface area contributed by atoms with E-state index in [0.717, 1.165) is 84.3 Å². The molecule has 10 rings (SSSR count). The number of halogens is 6. The molecule has 6 heterocycles. The summed E-state index contributed by atoms with van der Waals surface area (Å²) in [5.74, 6) is 1.98. The number of nitrogens with zero attached hydrogens (tertiary/aromatic N) is 5. The van der Waals surface area contributed by atoms with E-state index >= 15 is 0 Å². The summed E-state index contributed by atoms with van der Waals surface area (Å²) in [5.41, 5.74) is 2.72. The van der Waals surface area contributed by atoms with Crippen LogP contribution in [-0.2, 0) is 40.1 Å². The van der Waals surface area contributed by atoms with Crippen molar-refractivity contribution in [2.24, 2.45) is 11.8 Å². The molecule has 4 atom stereocenters. The van der Waals surface area contributed by atoms with E-state index in [1.165, 1.54) is 18.7 Å². The van der Waals surface area contributed by atoms with Crippen molar-refractivity contribution in [2.45, 2.75) is 153 Å². The Morgan fingerprint density at radius 2 is 1.10 bits per heavy atom. The summed E-state index contributed by atoms with van der Waals surface area (Å²) in [6.07, 6.45) is -0.0895. The first kappa shape index (κ1) is 57.9. The monoisotopic (exact) mass is 1140 g/mol. The first-order valence-corrected chi connectivity index (χ1v) is 28.5. The Morgan fingerprint density at radius 3 is 1.57 bits per heavy atom. The minimum atomic E-state index is -4.30. The highest BCUT2D eigenvalue weighted by Crippen LogP contribution is 2.36. The van der Waals surface area contributed by atoms with Gasteiger partial charge in [0.05, 0.1) is 50.0 Å². The van der Waals surface area contributed by atoms with Crippen LogP contribution in [0.1, 0.15) is 127 Å². The molecular formula is C57H66F6N8O6S2. The Bertz CT molecular complexity index is 3030. The second-order valence-electron chi connectivity index (χ2n) is 22.2. The van der Waals surface area contributed by atoms with Crippen LogP contribution in [0.3, 0.4) is 0 Å². The van der Waals surface area contributed by atoms with Crippen LogP contribution in [0.2, 0.25) is 0 Å². The third-order valence-electron chi connectivity index (χ3n) is 14.4. The molecule has 14 nitrogen and oxygen atoms in total. The third-order valence-corrected chi connectivity index (χ3v) is 16.5. The zero-order valence-corrected chi connectivity index (χ0v) is 46.0. The van der Waals surface area contributed by atoms with Gasteiger partial charge in [0, 0.05) is 82.8 Å². The standard InChI is InChI=1S/C31H37F3N4O4S.C26H29F3N4O2S/c1-30(2,3)42-29(40)38(15-19-7-9-21(10-8-19)26(39)11-20-16-41-17-20)23-6-4-5-22(12-23)37-27-25-13-24(14-31(32,33)34)43-28(25)36-18-35-27;27-26(28,29)11-21-10-22-24(31-15-32-25(22)36-21)33-20-3-1-2-19(9-20)30-12-16-4-6-18(7-5-16)23(34)8-17-13-35-14-17/h7-10,13,18,20,22-23H,4-6,11-12,14-17H2,1-3H3,(H,35,36,37);4-7,10,15,17,19-20,30H,1-3,8-9,11-14H2,(H,31,32,33)/t22-,23+;19-,20+/m10/s1. The second kappa shape index (κ2) is 25.3. The van der Waals surface area contributed by atoms with Crippen LogP contribution in [0.5, 0.6) is 0 Å². The topological polar surface area (TPSA) is 170 Å². The lowest BCUT2D eigenvalue weighted by molar-refractivity contribution is -0.127. The Hall–Kier alpha value is -5.81. The van der Waals surface area contributed by atoms with Crippen LogP contribution < -0.4 is 16.0 Å². The Morgan fingerprint density at radius 1 is 0.633 bits per heavy atom. The van der Waals surface area contributed by atoms with E-state index in [1.807, 2.05) is 69.3 Å². The number of fused-ring (bicyclic) bond motifs is 2. The number of hydrogen-bond acceptors (Lipinski definition) is 15. The summed E-state index contributed by atoms with van der Waals surface area (Å²) < 4.78 is 93.6. The smallest absolute Gasteiger partial charge is 0.410 e. The predicted octanol–water partition coefficient (Wildman–Crippen LogP) is 12.7. The van der Waals surface area contributed by atoms with Crippen molar-refractivity contribution in [3.8, 4) is 0 Å². The minimum Gasteiger partial charge on any atom is -0.444 e. The number of ketones is 2. The molecule has 4 aromatic heterocycles. The van der Waals surface area contributed by atoms with Crippen LogP contribution in [0, 0.1) is 11.8 Å². The lowest BCUT2D eigenvalue weighted by Crippen LogP contribution is -2.46. The number of anilines is 2. The van der Waals surface area contributed by atoms with Gasteiger partial charge in [-0.2, -0.15) is 26.3 Å². The van der Waals surface area contributed by atoms with Gasteiger partial charge in [-0.15, -0.1) is 22.7 Å². The number of Topliss-reactive ketones (excluding diaryl/α,β-unsaturated/α-hetero) is 2. The van der Waals surface area contributed by atoms with Crippen LogP contribution in [0.25, 0.3) is 20.4 Å². The first-order chi connectivity index (χ1) is 37.6. The number of benzene rings is 2. The van der Waals surface area contributed by atoms with Gasteiger partial charge in [0.2, 0.25) is 0 Å². The number of aromatic nitrogens is 4. The van der Waals surface area contributed by atoms with Crippen molar-refractivity contribution in [2.75, 3.05) is 37.1 Å². The lowest BCUT2D eigenvalue weighted by Gasteiger charge is -2.38. The highest BCUT2D eigenvalue weighted by Gasteiger charge is 2.35. The Kier molecular flexibility index (Phi) is 18.6. The van der Waals surface area contributed by atoms with Gasteiger partial charge in [-0.25, -0.2) is 24.7 Å². The molecule has 4 aliphatic rings. The Labute approximate surface area is 462 Å².